The minimum atomic E-state index is -1.13. The fraction of sp³-hybridized carbons (Fsp3) is 0.562. The van der Waals surface area contributed by atoms with E-state index in [4.69, 9.17) is 0 Å². The minimum Gasteiger partial charge on any atom is -0.481 e. The molecule has 3 heterocycles. The predicted molar refractivity (Wildman–Crippen MR) is 85.0 cm³/mol. The van der Waals surface area contributed by atoms with E-state index < -0.39 is 17.3 Å². The molecule has 23 heavy (non-hydrogen) atoms. The molecule has 6 nitrogen and oxygen atoms in total. The van der Waals surface area contributed by atoms with Crippen molar-refractivity contribution in [1.82, 2.24) is 9.80 Å². The Bertz CT molecular complexity index is 630. The van der Waals surface area contributed by atoms with Gasteiger partial charge in [-0.1, -0.05) is 0 Å². The monoisotopic (exact) mass is 336 g/mol. The van der Waals surface area contributed by atoms with Crippen LogP contribution in [0.15, 0.2) is 16.8 Å². The zero-order chi connectivity index (χ0) is 16.6. The van der Waals surface area contributed by atoms with Crippen molar-refractivity contribution in [2.45, 2.75) is 19.8 Å². The molecule has 0 spiro atoms. The van der Waals surface area contributed by atoms with E-state index in [1.54, 1.807) is 21.1 Å². The summed E-state index contributed by atoms with van der Waals surface area (Å²) in [5, 5.41) is 13.6. The minimum absolute atomic E-state index is 0.0675. The van der Waals surface area contributed by atoms with Crippen LogP contribution in [0, 0.1) is 11.3 Å². The Morgan fingerprint density at radius 1 is 1.43 bits per heavy atom. The fourth-order valence-corrected chi connectivity index (χ4v) is 4.31. The zero-order valence-corrected chi connectivity index (χ0v) is 13.8. The molecule has 3 rings (SSSR count). The molecular formula is C16H20N2O4S. The lowest BCUT2D eigenvalue weighted by molar-refractivity contribution is -0.150. The van der Waals surface area contributed by atoms with Gasteiger partial charge in [0.2, 0.25) is 11.8 Å². The highest BCUT2D eigenvalue weighted by molar-refractivity contribution is 7.07. The van der Waals surface area contributed by atoms with Crippen molar-refractivity contribution < 1.29 is 19.5 Å². The number of likely N-dealkylation sites (tertiary alicyclic amines) is 2. The number of carbonyl (C=O) groups excluding carboxylic acids is 2. The normalized spacial score (nSPS) is 26.7. The van der Waals surface area contributed by atoms with Crippen molar-refractivity contribution in [2.75, 3.05) is 26.2 Å². The molecule has 1 aromatic rings. The van der Waals surface area contributed by atoms with E-state index >= 15 is 0 Å². The van der Waals surface area contributed by atoms with Crippen molar-refractivity contribution >= 4 is 29.1 Å². The van der Waals surface area contributed by atoms with Crippen LogP contribution in [0.2, 0.25) is 0 Å². The third-order valence-electron chi connectivity index (χ3n) is 4.99. The Labute approximate surface area is 138 Å². The van der Waals surface area contributed by atoms with Crippen LogP contribution in [0.4, 0.5) is 0 Å². The van der Waals surface area contributed by atoms with E-state index in [0.29, 0.717) is 19.4 Å². The van der Waals surface area contributed by atoms with Gasteiger partial charge in [0.15, 0.2) is 0 Å². The SMILES string of the molecule is CCN1C[C@@]2(C(=O)O)CN(C(=O)CCc3ccsc3)C[C@H]2C1=O. The highest BCUT2D eigenvalue weighted by Gasteiger charge is 2.62. The highest BCUT2D eigenvalue weighted by atomic mass is 32.1. The number of rotatable bonds is 5. The van der Waals surface area contributed by atoms with E-state index in [1.165, 1.54) is 0 Å². The number of hydrogen-bond acceptors (Lipinski definition) is 4. The number of fused-ring (bicyclic) bond motifs is 1. The van der Waals surface area contributed by atoms with Crippen LogP contribution in [0.25, 0.3) is 0 Å². The predicted octanol–water partition coefficient (Wildman–Crippen LogP) is 1.07. The average molecular weight is 336 g/mol. The number of carboxylic acids is 1. The van der Waals surface area contributed by atoms with Gasteiger partial charge in [-0.05, 0) is 35.7 Å². The lowest BCUT2D eigenvalue weighted by Crippen LogP contribution is -2.42. The molecule has 1 N–H and O–H groups in total. The Kier molecular flexibility index (Phi) is 4.14. The van der Waals surface area contributed by atoms with Crippen molar-refractivity contribution in [3.8, 4) is 0 Å². The standard InChI is InChI=1S/C16H20N2O4S/c1-2-17-9-16(15(21)22)10-18(7-12(16)14(17)20)13(19)4-3-11-5-6-23-8-11/h5-6,8,12H,2-4,7,9-10H2,1H3,(H,21,22)/t12-,16+/m0/s1. The first-order valence-corrected chi connectivity index (χ1v) is 8.73. The molecule has 0 saturated carbocycles. The molecule has 2 aliphatic rings. The van der Waals surface area contributed by atoms with E-state index in [0.717, 1.165) is 5.56 Å². The number of nitrogens with zero attached hydrogens (tertiary/aromatic N) is 2. The van der Waals surface area contributed by atoms with E-state index in [1.807, 2.05) is 23.8 Å². The smallest absolute Gasteiger partial charge is 0.314 e. The van der Waals surface area contributed by atoms with Gasteiger partial charge in [0.05, 0.1) is 5.92 Å². The number of carboxylic acid groups (broad SMARTS) is 1. The largest absolute Gasteiger partial charge is 0.481 e. The number of aryl methyl sites for hydroxylation is 1. The molecule has 7 heteroatoms. The quantitative estimate of drug-likeness (QED) is 0.872. The number of hydrogen-bond donors (Lipinski definition) is 1. The molecule has 0 radical (unpaired) electrons. The van der Waals surface area contributed by atoms with Crippen LogP contribution in [0.5, 0.6) is 0 Å². The van der Waals surface area contributed by atoms with Gasteiger partial charge < -0.3 is 14.9 Å². The third kappa shape index (κ3) is 2.63. The zero-order valence-electron chi connectivity index (χ0n) is 13.0. The van der Waals surface area contributed by atoms with Crippen LogP contribution < -0.4 is 0 Å². The molecule has 2 aliphatic heterocycles. The van der Waals surface area contributed by atoms with Gasteiger partial charge in [-0.2, -0.15) is 11.3 Å². The van der Waals surface area contributed by atoms with Gasteiger partial charge in [0.25, 0.3) is 0 Å². The van der Waals surface area contributed by atoms with Crippen LogP contribution in [-0.4, -0.2) is 58.9 Å². The van der Waals surface area contributed by atoms with Crippen LogP contribution >= 0.6 is 11.3 Å². The van der Waals surface area contributed by atoms with Crippen molar-refractivity contribution in [3.63, 3.8) is 0 Å². The van der Waals surface area contributed by atoms with Crippen molar-refractivity contribution in [2.24, 2.45) is 11.3 Å². The van der Waals surface area contributed by atoms with Crippen LogP contribution in [0.3, 0.4) is 0 Å². The van der Waals surface area contributed by atoms with Gasteiger partial charge >= 0.3 is 5.97 Å². The maximum atomic E-state index is 12.4. The second-order valence-electron chi connectivity index (χ2n) is 6.27. The van der Waals surface area contributed by atoms with Gasteiger partial charge in [-0.15, -0.1) is 0 Å². The van der Waals surface area contributed by atoms with Crippen molar-refractivity contribution in [1.29, 1.82) is 0 Å². The van der Waals surface area contributed by atoms with E-state index in [-0.39, 0.29) is 31.4 Å². The number of amides is 2. The summed E-state index contributed by atoms with van der Waals surface area (Å²) in [6.45, 7) is 2.92. The number of aliphatic carboxylic acids is 1. The number of carbonyl (C=O) groups is 3. The maximum Gasteiger partial charge on any atom is 0.314 e. The summed E-state index contributed by atoms with van der Waals surface area (Å²) in [6.07, 6.45) is 1.00. The van der Waals surface area contributed by atoms with Gasteiger partial charge in [0.1, 0.15) is 5.41 Å². The average Bonchev–Trinajstić information content (AvgIpc) is 3.21. The van der Waals surface area contributed by atoms with E-state index in [2.05, 4.69) is 0 Å². The molecule has 124 valence electrons. The number of thiophene rings is 1. The summed E-state index contributed by atoms with van der Waals surface area (Å²) in [5.74, 6) is -1.78. The maximum absolute atomic E-state index is 12.4. The van der Waals surface area contributed by atoms with E-state index in [9.17, 15) is 19.5 Å². The lowest BCUT2D eigenvalue weighted by Gasteiger charge is -2.24. The van der Waals surface area contributed by atoms with Crippen LogP contribution in [0.1, 0.15) is 18.9 Å². The first kappa shape index (κ1) is 16.0. The molecule has 0 bridgehead atoms. The highest BCUT2D eigenvalue weighted by Crippen LogP contribution is 2.43. The molecule has 2 saturated heterocycles. The Hall–Kier alpha value is -1.89. The fourth-order valence-electron chi connectivity index (χ4n) is 3.61. The van der Waals surface area contributed by atoms with Gasteiger partial charge in [-0.3, -0.25) is 14.4 Å². The first-order chi connectivity index (χ1) is 11.0. The molecule has 0 aliphatic carbocycles. The Balaban J connectivity index is 1.70. The van der Waals surface area contributed by atoms with Gasteiger partial charge in [-0.25, -0.2) is 0 Å². The van der Waals surface area contributed by atoms with Gasteiger partial charge in [0, 0.05) is 32.6 Å². The molecule has 2 atom stereocenters. The molecule has 0 unspecified atom stereocenters. The summed E-state index contributed by atoms with van der Waals surface area (Å²) in [4.78, 5) is 39.7. The molecule has 2 fully saturated rings. The molecule has 0 aromatic carbocycles. The second-order valence-corrected chi connectivity index (χ2v) is 7.05. The first-order valence-electron chi connectivity index (χ1n) is 7.79. The molecule has 1 aromatic heterocycles. The second kappa shape index (κ2) is 5.96. The summed E-state index contributed by atoms with van der Waals surface area (Å²) in [5.41, 5.74) is -0.0191. The summed E-state index contributed by atoms with van der Waals surface area (Å²) >= 11 is 1.59. The molecule has 2 amide bonds. The molecular weight excluding hydrogens is 316 g/mol. The summed E-state index contributed by atoms with van der Waals surface area (Å²) in [6, 6.07) is 1.98. The van der Waals surface area contributed by atoms with Crippen LogP contribution in [-0.2, 0) is 20.8 Å². The topological polar surface area (TPSA) is 77.9 Å². The Morgan fingerprint density at radius 3 is 2.78 bits per heavy atom. The lowest BCUT2D eigenvalue weighted by atomic mass is 9.81. The van der Waals surface area contributed by atoms with Crippen molar-refractivity contribution in [3.05, 3.63) is 22.4 Å². The Morgan fingerprint density at radius 2 is 2.22 bits per heavy atom. The summed E-state index contributed by atoms with van der Waals surface area (Å²) in [7, 11) is 0. The third-order valence-corrected chi connectivity index (χ3v) is 5.73. The summed E-state index contributed by atoms with van der Waals surface area (Å²) < 4.78 is 0.